The fourth-order valence-electron chi connectivity index (χ4n) is 1.99. The smallest absolute Gasteiger partial charge is 0.224 e. The lowest BCUT2D eigenvalue weighted by Crippen LogP contribution is -2.28. The number of rotatable bonds is 4. The van der Waals surface area contributed by atoms with Crippen LogP contribution in [-0.2, 0) is 11.2 Å². The highest BCUT2D eigenvalue weighted by Gasteiger charge is 2.11. The maximum absolute atomic E-state index is 13.1. The van der Waals surface area contributed by atoms with E-state index in [1.54, 1.807) is 18.2 Å². The zero-order valence-corrected chi connectivity index (χ0v) is 13.7. The van der Waals surface area contributed by atoms with Crippen molar-refractivity contribution in [2.45, 2.75) is 19.4 Å². The van der Waals surface area contributed by atoms with Gasteiger partial charge in [-0.15, -0.1) is 0 Å². The van der Waals surface area contributed by atoms with Gasteiger partial charge < -0.3 is 5.32 Å². The molecule has 2 rings (SSSR count). The summed E-state index contributed by atoms with van der Waals surface area (Å²) in [5, 5.41) is 3.53. The number of hydrogen-bond acceptors (Lipinski definition) is 1. The quantitative estimate of drug-likeness (QED) is 0.833. The van der Waals surface area contributed by atoms with Crippen LogP contribution in [0.3, 0.4) is 0 Å². The lowest BCUT2D eigenvalue weighted by atomic mass is 10.1. The number of halogens is 3. The number of nitrogens with one attached hydrogen (secondary N) is 1. The van der Waals surface area contributed by atoms with Crippen LogP contribution in [-0.4, -0.2) is 5.91 Å². The lowest BCUT2D eigenvalue weighted by Gasteiger charge is -2.14. The van der Waals surface area contributed by atoms with Gasteiger partial charge in [0.1, 0.15) is 5.82 Å². The fraction of sp³-hybridized carbons (Fsp3) is 0.188. The Kier molecular flexibility index (Phi) is 5.37. The van der Waals surface area contributed by atoms with Gasteiger partial charge in [-0.25, -0.2) is 4.39 Å². The van der Waals surface area contributed by atoms with E-state index in [1.807, 2.05) is 25.1 Å². The molecular formula is C16H14BrClFNO. The third-order valence-electron chi connectivity index (χ3n) is 3.07. The molecule has 110 valence electrons. The number of carbonyl (C=O) groups is 1. The van der Waals surface area contributed by atoms with Crippen LogP contribution in [0, 0.1) is 5.82 Å². The average Bonchev–Trinajstić information content (AvgIpc) is 2.43. The van der Waals surface area contributed by atoms with Crippen molar-refractivity contribution in [3.05, 3.63) is 68.9 Å². The first-order valence-electron chi connectivity index (χ1n) is 6.44. The lowest BCUT2D eigenvalue weighted by molar-refractivity contribution is -0.121. The first-order valence-corrected chi connectivity index (χ1v) is 7.61. The van der Waals surface area contributed by atoms with E-state index in [2.05, 4.69) is 21.2 Å². The summed E-state index contributed by atoms with van der Waals surface area (Å²) in [5.41, 5.74) is 1.69. The molecule has 0 spiro atoms. The van der Waals surface area contributed by atoms with Crippen LogP contribution in [0.4, 0.5) is 4.39 Å². The average molecular weight is 371 g/mol. The highest BCUT2D eigenvalue weighted by atomic mass is 79.9. The minimum Gasteiger partial charge on any atom is -0.349 e. The third kappa shape index (κ3) is 4.55. The van der Waals surface area contributed by atoms with Crippen molar-refractivity contribution in [3.8, 4) is 0 Å². The van der Waals surface area contributed by atoms with Crippen LogP contribution >= 0.6 is 27.5 Å². The van der Waals surface area contributed by atoms with Crippen molar-refractivity contribution in [1.29, 1.82) is 0 Å². The van der Waals surface area contributed by atoms with E-state index >= 15 is 0 Å². The van der Waals surface area contributed by atoms with Gasteiger partial charge in [-0.1, -0.05) is 29.8 Å². The molecule has 0 saturated carbocycles. The second-order valence-electron chi connectivity index (χ2n) is 4.77. The zero-order chi connectivity index (χ0) is 15.4. The van der Waals surface area contributed by atoms with E-state index in [0.717, 1.165) is 11.1 Å². The summed E-state index contributed by atoms with van der Waals surface area (Å²) in [6.45, 7) is 1.89. The number of benzene rings is 2. The summed E-state index contributed by atoms with van der Waals surface area (Å²) in [5.74, 6) is -0.465. The van der Waals surface area contributed by atoms with E-state index in [1.165, 1.54) is 6.07 Å². The fourth-order valence-corrected chi connectivity index (χ4v) is 2.61. The van der Waals surface area contributed by atoms with Gasteiger partial charge in [-0.2, -0.15) is 0 Å². The Hall–Kier alpha value is -1.39. The van der Waals surface area contributed by atoms with Crippen molar-refractivity contribution >= 4 is 33.4 Å². The zero-order valence-electron chi connectivity index (χ0n) is 11.4. The second-order valence-corrected chi connectivity index (χ2v) is 6.06. The molecule has 0 heterocycles. The van der Waals surface area contributed by atoms with E-state index < -0.39 is 0 Å². The molecule has 2 aromatic carbocycles. The van der Waals surface area contributed by atoms with Crippen LogP contribution in [0.5, 0.6) is 0 Å². The van der Waals surface area contributed by atoms with Crippen LogP contribution in [0.25, 0.3) is 0 Å². The van der Waals surface area contributed by atoms with Gasteiger partial charge in [-0.05, 0) is 58.2 Å². The highest BCUT2D eigenvalue weighted by Crippen LogP contribution is 2.19. The van der Waals surface area contributed by atoms with E-state index in [0.29, 0.717) is 9.50 Å². The predicted molar refractivity (Wildman–Crippen MR) is 85.8 cm³/mol. The van der Waals surface area contributed by atoms with Crippen LogP contribution in [0.2, 0.25) is 5.02 Å². The molecule has 1 N–H and O–H groups in total. The molecule has 1 unspecified atom stereocenters. The van der Waals surface area contributed by atoms with E-state index in [4.69, 9.17) is 11.6 Å². The molecule has 21 heavy (non-hydrogen) atoms. The molecule has 2 nitrogen and oxygen atoms in total. The molecule has 0 radical (unpaired) electrons. The summed E-state index contributed by atoms with van der Waals surface area (Å²) in [6, 6.07) is 11.8. The van der Waals surface area contributed by atoms with Crippen LogP contribution in [0.15, 0.2) is 46.9 Å². The van der Waals surface area contributed by atoms with Gasteiger partial charge in [0, 0.05) is 5.02 Å². The second kappa shape index (κ2) is 7.05. The van der Waals surface area contributed by atoms with Crippen molar-refractivity contribution < 1.29 is 9.18 Å². The molecule has 5 heteroatoms. The Morgan fingerprint density at radius 3 is 2.76 bits per heavy atom. The summed E-state index contributed by atoms with van der Waals surface area (Å²) in [6.07, 6.45) is 0.198. The van der Waals surface area contributed by atoms with Gasteiger partial charge in [-0.3, -0.25) is 4.79 Å². The monoisotopic (exact) mass is 369 g/mol. The highest BCUT2D eigenvalue weighted by molar-refractivity contribution is 9.10. The van der Waals surface area contributed by atoms with Gasteiger partial charge in [0.05, 0.1) is 16.9 Å². The van der Waals surface area contributed by atoms with Gasteiger partial charge in [0.25, 0.3) is 0 Å². The Morgan fingerprint density at radius 2 is 2.10 bits per heavy atom. The largest absolute Gasteiger partial charge is 0.349 e. The van der Waals surface area contributed by atoms with Crippen molar-refractivity contribution in [1.82, 2.24) is 5.32 Å². The normalized spacial score (nSPS) is 12.0. The first kappa shape index (κ1) is 16.0. The maximum Gasteiger partial charge on any atom is 0.224 e. The molecule has 0 bridgehead atoms. The van der Waals surface area contributed by atoms with Crippen molar-refractivity contribution in [2.24, 2.45) is 0 Å². The molecule has 0 saturated heterocycles. The predicted octanol–water partition coefficient (Wildman–Crippen LogP) is 4.66. The SMILES string of the molecule is CC(NC(=O)Cc1ccc(F)c(Br)c1)c1cccc(Cl)c1. The van der Waals surface area contributed by atoms with Gasteiger partial charge >= 0.3 is 0 Å². The number of hydrogen-bond donors (Lipinski definition) is 1. The van der Waals surface area contributed by atoms with Gasteiger partial charge in [0.15, 0.2) is 0 Å². The molecule has 1 atom stereocenters. The Balaban J connectivity index is 1.99. The molecule has 1 amide bonds. The molecular weight excluding hydrogens is 357 g/mol. The molecule has 2 aromatic rings. The summed E-state index contributed by atoms with van der Waals surface area (Å²) >= 11 is 9.04. The Morgan fingerprint density at radius 1 is 1.33 bits per heavy atom. The van der Waals surface area contributed by atoms with Crippen molar-refractivity contribution in [3.63, 3.8) is 0 Å². The van der Waals surface area contributed by atoms with Crippen LogP contribution < -0.4 is 5.32 Å². The molecule has 0 aromatic heterocycles. The number of amides is 1. The number of carbonyl (C=O) groups excluding carboxylic acids is 1. The first-order chi connectivity index (χ1) is 9.95. The van der Waals surface area contributed by atoms with Crippen LogP contribution in [0.1, 0.15) is 24.1 Å². The Bertz CT molecular complexity index is 662. The third-order valence-corrected chi connectivity index (χ3v) is 3.92. The minimum absolute atomic E-state index is 0.124. The van der Waals surface area contributed by atoms with Gasteiger partial charge in [0.2, 0.25) is 5.91 Å². The minimum atomic E-state index is -0.341. The Labute approximate surface area is 136 Å². The van der Waals surface area contributed by atoms with Crippen molar-refractivity contribution in [2.75, 3.05) is 0 Å². The molecule has 0 aliphatic rings. The van der Waals surface area contributed by atoms with E-state index in [9.17, 15) is 9.18 Å². The van der Waals surface area contributed by atoms with E-state index in [-0.39, 0.29) is 24.2 Å². The molecule has 0 aliphatic heterocycles. The summed E-state index contributed by atoms with van der Waals surface area (Å²) in [4.78, 5) is 12.0. The maximum atomic E-state index is 13.1. The summed E-state index contributed by atoms with van der Waals surface area (Å²) < 4.78 is 13.5. The molecule has 0 aliphatic carbocycles. The molecule has 0 fully saturated rings. The summed E-state index contributed by atoms with van der Waals surface area (Å²) in [7, 11) is 0. The topological polar surface area (TPSA) is 29.1 Å². The standard InChI is InChI=1S/C16H14BrClFNO/c1-10(12-3-2-4-13(18)9-12)20-16(21)8-11-5-6-15(19)14(17)7-11/h2-7,9-10H,8H2,1H3,(H,20,21).